The number of amides is 1. The smallest absolute Gasteiger partial charge is 0.300 e. The Morgan fingerprint density at radius 2 is 1.71 bits per heavy atom. The summed E-state index contributed by atoms with van der Waals surface area (Å²) in [6.45, 7) is 2.36. The summed E-state index contributed by atoms with van der Waals surface area (Å²) in [4.78, 5) is 27.8. The fraction of sp³-hybridized carbons (Fsp3) is 0.148. The second-order valence-corrected chi connectivity index (χ2v) is 7.53. The third-order valence-corrected chi connectivity index (χ3v) is 5.59. The summed E-state index contributed by atoms with van der Waals surface area (Å²) in [6.07, 6.45) is 0. The van der Waals surface area contributed by atoms with Crippen molar-refractivity contribution in [3.05, 3.63) is 95.1 Å². The number of rotatable bonds is 6. The van der Waals surface area contributed by atoms with Gasteiger partial charge in [-0.15, -0.1) is 0 Å². The minimum Gasteiger partial charge on any atom is -0.507 e. The monoisotopic (exact) mass is 454 g/mol. The lowest BCUT2D eigenvalue weighted by molar-refractivity contribution is -0.132. The van der Waals surface area contributed by atoms with Crippen LogP contribution >= 0.6 is 0 Å². The van der Waals surface area contributed by atoms with Crippen LogP contribution in [0, 0.1) is 11.3 Å². The number of anilines is 1. The van der Waals surface area contributed by atoms with Gasteiger partial charge >= 0.3 is 0 Å². The molecule has 0 bridgehead atoms. The van der Waals surface area contributed by atoms with Crippen molar-refractivity contribution in [1.82, 2.24) is 0 Å². The summed E-state index contributed by atoms with van der Waals surface area (Å²) in [5.74, 6) is -0.808. The van der Waals surface area contributed by atoms with Gasteiger partial charge in [0.2, 0.25) is 0 Å². The summed E-state index contributed by atoms with van der Waals surface area (Å²) in [5.41, 5.74) is 1.71. The molecule has 0 saturated carbocycles. The van der Waals surface area contributed by atoms with E-state index in [1.54, 1.807) is 72.8 Å². The third-order valence-electron chi connectivity index (χ3n) is 5.59. The lowest BCUT2D eigenvalue weighted by Crippen LogP contribution is -2.29. The number of ketones is 1. The van der Waals surface area contributed by atoms with Crippen LogP contribution < -0.4 is 14.4 Å². The number of ether oxygens (including phenoxy) is 2. The Morgan fingerprint density at radius 1 is 1.03 bits per heavy atom. The Labute approximate surface area is 197 Å². The molecule has 1 atom stereocenters. The van der Waals surface area contributed by atoms with E-state index in [0.29, 0.717) is 40.5 Å². The van der Waals surface area contributed by atoms with Crippen LogP contribution in [0.5, 0.6) is 11.5 Å². The second-order valence-electron chi connectivity index (χ2n) is 7.53. The van der Waals surface area contributed by atoms with Gasteiger partial charge in [0.25, 0.3) is 11.7 Å². The summed E-state index contributed by atoms with van der Waals surface area (Å²) >= 11 is 0. The molecule has 0 aliphatic carbocycles. The highest BCUT2D eigenvalue weighted by Gasteiger charge is 2.47. The van der Waals surface area contributed by atoms with Gasteiger partial charge in [0.1, 0.15) is 17.3 Å². The molecule has 1 unspecified atom stereocenters. The quantitative estimate of drug-likeness (QED) is 0.332. The standard InChI is InChI=1S/C27H22N2O5/c1-3-34-20-14-10-18(11-15-20)25(30)23-24(21-6-4-5-7-22(21)33-2)29(27(32)26(23)31)19-12-8-17(16-28)9-13-19/h4-15,24,30H,3H2,1-2H3/b25-23-. The number of aliphatic hydroxyl groups is 1. The molecule has 1 N–H and O–H groups in total. The van der Waals surface area contributed by atoms with Crippen molar-refractivity contribution in [3.63, 3.8) is 0 Å². The van der Waals surface area contributed by atoms with E-state index in [-0.39, 0.29) is 11.3 Å². The van der Waals surface area contributed by atoms with Crippen LogP contribution in [-0.2, 0) is 9.59 Å². The number of aliphatic hydroxyl groups excluding tert-OH is 1. The summed E-state index contributed by atoms with van der Waals surface area (Å²) in [7, 11) is 1.50. The number of hydrogen-bond donors (Lipinski definition) is 1. The van der Waals surface area contributed by atoms with E-state index < -0.39 is 17.7 Å². The van der Waals surface area contributed by atoms with Crippen LogP contribution in [0.4, 0.5) is 5.69 Å². The van der Waals surface area contributed by atoms with E-state index in [2.05, 4.69) is 0 Å². The predicted molar refractivity (Wildman–Crippen MR) is 127 cm³/mol. The summed E-state index contributed by atoms with van der Waals surface area (Å²) in [6, 6.07) is 21.1. The van der Waals surface area contributed by atoms with Crippen molar-refractivity contribution in [3.8, 4) is 17.6 Å². The van der Waals surface area contributed by atoms with E-state index >= 15 is 0 Å². The van der Waals surface area contributed by atoms with Crippen LogP contribution in [0.15, 0.2) is 78.4 Å². The van der Waals surface area contributed by atoms with E-state index in [9.17, 15) is 14.7 Å². The Balaban J connectivity index is 1.92. The average Bonchev–Trinajstić information content (AvgIpc) is 3.14. The van der Waals surface area contributed by atoms with Gasteiger partial charge in [0.05, 0.1) is 37.0 Å². The molecule has 3 aromatic carbocycles. The SMILES string of the molecule is CCOc1ccc(/C(O)=C2/C(=O)C(=O)N(c3ccc(C#N)cc3)C2c2ccccc2OC)cc1. The van der Waals surface area contributed by atoms with Gasteiger partial charge in [-0.05, 0) is 61.5 Å². The number of methoxy groups -OCH3 is 1. The number of nitrogens with zero attached hydrogens (tertiary/aromatic N) is 2. The molecule has 1 heterocycles. The molecule has 1 amide bonds. The minimum absolute atomic E-state index is 0.0528. The van der Waals surface area contributed by atoms with Gasteiger partial charge in [-0.2, -0.15) is 5.26 Å². The second kappa shape index (κ2) is 9.51. The maximum Gasteiger partial charge on any atom is 0.300 e. The van der Waals surface area contributed by atoms with E-state index in [1.165, 1.54) is 12.0 Å². The molecule has 0 aromatic heterocycles. The number of hydrogen-bond acceptors (Lipinski definition) is 6. The molecule has 34 heavy (non-hydrogen) atoms. The van der Waals surface area contributed by atoms with Crippen LogP contribution in [0.25, 0.3) is 5.76 Å². The molecule has 1 fully saturated rings. The van der Waals surface area contributed by atoms with Crippen molar-refractivity contribution in [2.24, 2.45) is 0 Å². The van der Waals surface area contributed by atoms with Gasteiger partial charge in [-0.3, -0.25) is 14.5 Å². The maximum absolute atomic E-state index is 13.3. The number of benzene rings is 3. The molecule has 7 heteroatoms. The molecule has 0 spiro atoms. The zero-order valence-electron chi connectivity index (χ0n) is 18.7. The molecule has 3 aromatic rings. The molecule has 1 aliphatic rings. The molecule has 170 valence electrons. The van der Waals surface area contributed by atoms with Crippen LogP contribution in [0.1, 0.15) is 29.7 Å². The minimum atomic E-state index is -0.935. The fourth-order valence-electron chi connectivity index (χ4n) is 4.01. The highest BCUT2D eigenvalue weighted by molar-refractivity contribution is 6.51. The molecular weight excluding hydrogens is 432 g/mol. The normalized spacial score (nSPS) is 16.9. The third kappa shape index (κ3) is 3.97. The van der Waals surface area contributed by atoms with Gasteiger partial charge in [0, 0.05) is 16.8 Å². The molecule has 1 aliphatic heterocycles. The van der Waals surface area contributed by atoms with Crippen molar-refractivity contribution in [2.45, 2.75) is 13.0 Å². The number of Topliss-reactive ketones (excluding diaryl/α,β-unsaturated/α-hetero) is 1. The maximum atomic E-state index is 13.3. The number of carbonyl (C=O) groups is 2. The largest absolute Gasteiger partial charge is 0.507 e. The Bertz CT molecular complexity index is 1300. The zero-order chi connectivity index (χ0) is 24.2. The van der Waals surface area contributed by atoms with Crippen molar-refractivity contribution >= 4 is 23.1 Å². The number of carbonyl (C=O) groups excluding carboxylic acids is 2. The fourth-order valence-corrected chi connectivity index (χ4v) is 4.01. The van der Waals surface area contributed by atoms with E-state index in [0.717, 1.165) is 0 Å². The molecule has 0 radical (unpaired) electrons. The van der Waals surface area contributed by atoms with Crippen LogP contribution in [0.3, 0.4) is 0 Å². The van der Waals surface area contributed by atoms with Gasteiger partial charge in [-0.25, -0.2) is 0 Å². The molecule has 1 saturated heterocycles. The van der Waals surface area contributed by atoms with Crippen LogP contribution in [-0.4, -0.2) is 30.5 Å². The van der Waals surface area contributed by atoms with E-state index in [4.69, 9.17) is 14.7 Å². The summed E-state index contributed by atoms with van der Waals surface area (Å²) < 4.78 is 11.0. The van der Waals surface area contributed by atoms with E-state index in [1.807, 2.05) is 13.0 Å². The molecule has 4 rings (SSSR count). The Morgan fingerprint density at radius 3 is 2.32 bits per heavy atom. The highest BCUT2D eigenvalue weighted by atomic mass is 16.5. The topological polar surface area (TPSA) is 99.9 Å². The lowest BCUT2D eigenvalue weighted by atomic mass is 9.94. The lowest BCUT2D eigenvalue weighted by Gasteiger charge is -2.26. The molecular formula is C27H22N2O5. The Hall–Kier alpha value is -4.57. The van der Waals surface area contributed by atoms with Gasteiger partial charge < -0.3 is 14.6 Å². The van der Waals surface area contributed by atoms with Crippen molar-refractivity contribution in [1.29, 1.82) is 5.26 Å². The van der Waals surface area contributed by atoms with Crippen molar-refractivity contribution < 1.29 is 24.2 Å². The summed E-state index contributed by atoms with van der Waals surface area (Å²) in [5, 5.41) is 20.4. The first kappa shape index (κ1) is 22.6. The van der Waals surface area contributed by atoms with Gasteiger partial charge in [0.15, 0.2) is 0 Å². The van der Waals surface area contributed by atoms with Gasteiger partial charge in [-0.1, -0.05) is 18.2 Å². The number of nitriles is 1. The first-order valence-electron chi connectivity index (χ1n) is 10.7. The van der Waals surface area contributed by atoms with Crippen molar-refractivity contribution in [2.75, 3.05) is 18.6 Å². The Kier molecular flexibility index (Phi) is 6.33. The zero-order valence-corrected chi connectivity index (χ0v) is 18.7. The highest BCUT2D eigenvalue weighted by Crippen LogP contribution is 2.44. The average molecular weight is 454 g/mol. The first-order chi connectivity index (χ1) is 16.5. The van der Waals surface area contributed by atoms with Crippen LogP contribution in [0.2, 0.25) is 0 Å². The predicted octanol–water partition coefficient (Wildman–Crippen LogP) is 4.59. The first-order valence-corrected chi connectivity index (χ1v) is 10.7. The number of para-hydroxylation sites is 1. The molecule has 7 nitrogen and oxygen atoms in total.